The predicted octanol–water partition coefficient (Wildman–Crippen LogP) is 6.09. The Kier molecular flexibility index (Phi) is 10.3. The zero-order chi connectivity index (χ0) is 31.0. The topological polar surface area (TPSA) is 86.8 Å². The van der Waals surface area contributed by atoms with Crippen molar-refractivity contribution in [2.24, 2.45) is 0 Å². The number of rotatable bonds is 11. The zero-order valence-corrected chi connectivity index (χ0v) is 26.1. The number of hydrogen-bond donors (Lipinski definition) is 1. The molecular weight excluding hydrogens is 582 g/mol. The Morgan fingerprint density at radius 1 is 0.767 bits per heavy atom. The van der Waals surface area contributed by atoms with Gasteiger partial charge >= 0.3 is 0 Å². The standard InChI is InChI=1S/C34H36ClN3O4S/c1-34(2,3)36-33(40)31(23-26-13-7-4-8-14-26)37(24-27-19-21-28(35)22-20-27)32(39)25-38(29-15-9-5-10-16-29)43(41,42)30-17-11-6-12-18-30/h4-22,31H,23-25H2,1-3H3,(H,36,40). The molecule has 1 unspecified atom stereocenters. The minimum atomic E-state index is -4.13. The lowest BCUT2D eigenvalue weighted by Crippen LogP contribution is -2.56. The van der Waals surface area contributed by atoms with Crippen LogP contribution in [0.1, 0.15) is 31.9 Å². The molecule has 1 atom stereocenters. The molecule has 0 heterocycles. The molecule has 0 bridgehead atoms. The Bertz CT molecular complexity index is 1610. The molecule has 43 heavy (non-hydrogen) atoms. The average Bonchev–Trinajstić information content (AvgIpc) is 2.99. The molecule has 0 radical (unpaired) electrons. The number of sulfonamides is 1. The summed E-state index contributed by atoms with van der Waals surface area (Å²) in [7, 11) is -4.13. The summed E-state index contributed by atoms with van der Waals surface area (Å²) in [5, 5.41) is 3.56. The molecule has 0 aromatic heterocycles. The Morgan fingerprint density at radius 2 is 1.30 bits per heavy atom. The van der Waals surface area contributed by atoms with Gasteiger partial charge in [-0.3, -0.25) is 13.9 Å². The number of carbonyl (C=O) groups excluding carboxylic acids is 2. The van der Waals surface area contributed by atoms with Crippen molar-refractivity contribution in [3.63, 3.8) is 0 Å². The maximum atomic E-state index is 14.4. The fraction of sp³-hybridized carbons (Fsp3) is 0.235. The van der Waals surface area contributed by atoms with Gasteiger partial charge in [-0.2, -0.15) is 0 Å². The van der Waals surface area contributed by atoms with E-state index >= 15 is 0 Å². The van der Waals surface area contributed by atoms with Gasteiger partial charge in [0.25, 0.3) is 10.0 Å². The first-order valence-corrected chi connectivity index (χ1v) is 15.8. The van der Waals surface area contributed by atoms with E-state index in [4.69, 9.17) is 11.6 Å². The van der Waals surface area contributed by atoms with E-state index in [9.17, 15) is 18.0 Å². The second-order valence-corrected chi connectivity index (χ2v) is 13.6. The Morgan fingerprint density at radius 3 is 1.86 bits per heavy atom. The fourth-order valence-electron chi connectivity index (χ4n) is 4.64. The first kappa shape index (κ1) is 31.8. The van der Waals surface area contributed by atoms with Gasteiger partial charge in [0.1, 0.15) is 12.6 Å². The van der Waals surface area contributed by atoms with Gasteiger partial charge in [-0.25, -0.2) is 8.42 Å². The molecule has 0 saturated carbocycles. The lowest BCUT2D eigenvalue weighted by molar-refractivity contribution is -0.140. The van der Waals surface area contributed by atoms with Crippen molar-refractivity contribution < 1.29 is 18.0 Å². The van der Waals surface area contributed by atoms with E-state index in [2.05, 4.69) is 5.32 Å². The Hall–Kier alpha value is -4.14. The predicted molar refractivity (Wildman–Crippen MR) is 171 cm³/mol. The van der Waals surface area contributed by atoms with E-state index in [0.717, 1.165) is 15.4 Å². The summed E-state index contributed by atoms with van der Waals surface area (Å²) in [6, 6.07) is 32.0. The summed E-state index contributed by atoms with van der Waals surface area (Å²) in [5.41, 5.74) is 1.39. The van der Waals surface area contributed by atoms with Crippen LogP contribution in [0.15, 0.2) is 120 Å². The molecule has 0 spiro atoms. The maximum Gasteiger partial charge on any atom is 0.264 e. The SMILES string of the molecule is CC(C)(C)NC(=O)C(Cc1ccccc1)N(Cc1ccc(Cl)cc1)C(=O)CN(c1ccccc1)S(=O)(=O)c1ccccc1. The van der Waals surface area contributed by atoms with Crippen molar-refractivity contribution in [2.45, 2.75) is 50.2 Å². The highest BCUT2D eigenvalue weighted by atomic mass is 35.5. The maximum absolute atomic E-state index is 14.4. The average molecular weight is 618 g/mol. The van der Waals surface area contributed by atoms with Crippen LogP contribution in [0.5, 0.6) is 0 Å². The van der Waals surface area contributed by atoms with E-state index < -0.39 is 34.1 Å². The molecular formula is C34H36ClN3O4S. The second kappa shape index (κ2) is 13.9. The van der Waals surface area contributed by atoms with E-state index in [-0.39, 0.29) is 23.8 Å². The molecule has 0 aliphatic carbocycles. The molecule has 4 rings (SSSR count). The van der Waals surface area contributed by atoms with Crippen molar-refractivity contribution in [1.82, 2.24) is 10.2 Å². The number of carbonyl (C=O) groups is 2. The molecule has 0 saturated heterocycles. The van der Waals surface area contributed by atoms with Gasteiger partial charge in [0, 0.05) is 23.5 Å². The lowest BCUT2D eigenvalue weighted by atomic mass is 10.0. The molecule has 0 aliphatic rings. The monoisotopic (exact) mass is 617 g/mol. The highest BCUT2D eigenvalue weighted by Crippen LogP contribution is 2.25. The summed E-state index contributed by atoms with van der Waals surface area (Å²) < 4.78 is 29.0. The van der Waals surface area contributed by atoms with Crippen LogP contribution in [-0.4, -0.2) is 43.3 Å². The van der Waals surface area contributed by atoms with Crippen molar-refractivity contribution in [3.8, 4) is 0 Å². The van der Waals surface area contributed by atoms with Gasteiger partial charge < -0.3 is 10.2 Å². The van der Waals surface area contributed by atoms with E-state index in [1.54, 1.807) is 72.8 Å². The van der Waals surface area contributed by atoms with Gasteiger partial charge in [0.15, 0.2) is 0 Å². The number of amides is 2. The third-order valence-electron chi connectivity index (χ3n) is 6.69. The smallest absolute Gasteiger partial charge is 0.264 e. The van der Waals surface area contributed by atoms with Gasteiger partial charge in [-0.15, -0.1) is 0 Å². The van der Waals surface area contributed by atoms with Gasteiger partial charge in [-0.05, 0) is 68.3 Å². The molecule has 7 nitrogen and oxygen atoms in total. The van der Waals surface area contributed by atoms with Crippen molar-refractivity contribution in [2.75, 3.05) is 10.8 Å². The Labute approximate surface area is 259 Å². The Balaban J connectivity index is 1.79. The minimum Gasteiger partial charge on any atom is -0.350 e. The summed E-state index contributed by atoms with van der Waals surface area (Å²) in [6.07, 6.45) is 0.235. The molecule has 9 heteroatoms. The number of anilines is 1. The second-order valence-electron chi connectivity index (χ2n) is 11.3. The van der Waals surface area contributed by atoms with Crippen LogP contribution in [0, 0.1) is 0 Å². The van der Waals surface area contributed by atoms with E-state index in [0.29, 0.717) is 10.7 Å². The molecule has 0 aliphatic heterocycles. The zero-order valence-electron chi connectivity index (χ0n) is 24.5. The van der Waals surface area contributed by atoms with Crippen molar-refractivity contribution in [1.29, 1.82) is 0 Å². The summed E-state index contributed by atoms with van der Waals surface area (Å²) in [4.78, 5) is 29.8. The summed E-state index contributed by atoms with van der Waals surface area (Å²) >= 11 is 6.13. The molecule has 4 aromatic carbocycles. The van der Waals surface area contributed by atoms with Gasteiger partial charge in [-0.1, -0.05) is 90.5 Å². The van der Waals surface area contributed by atoms with E-state index in [1.807, 2.05) is 51.1 Å². The van der Waals surface area contributed by atoms with Crippen molar-refractivity contribution in [3.05, 3.63) is 131 Å². The first-order valence-electron chi connectivity index (χ1n) is 14.0. The molecule has 1 N–H and O–H groups in total. The molecule has 2 amide bonds. The van der Waals surface area contributed by atoms with Crippen LogP contribution in [-0.2, 0) is 32.6 Å². The van der Waals surface area contributed by atoms with Crippen LogP contribution in [0.2, 0.25) is 5.02 Å². The minimum absolute atomic E-state index is 0.0576. The molecule has 0 fully saturated rings. The largest absolute Gasteiger partial charge is 0.350 e. The van der Waals surface area contributed by atoms with Crippen molar-refractivity contribution >= 4 is 39.1 Å². The number of nitrogens with zero attached hydrogens (tertiary/aromatic N) is 2. The molecule has 4 aromatic rings. The molecule has 224 valence electrons. The summed E-state index contributed by atoms with van der Waals surface area (Å²) in [5.74, 6) is -0.862. The fourth-order valence-corrected chi connectivity index (χ4v) is 6.20. The number of halogens is 1. The van der Waals surface area contributed by atoms with Crippen LogP contribution < -0.4 is 9.62 Å². The lowest BCUT2D eigenvalue weighted by Gasteiger charge is -2.35. The quantitative estimate of drug-likeness (QED) is 0.221. The highest BCUT2D eigenvalue weighted by Gasteiger charge is 2.35. The number of nitrogens with one attached hydrogen (secondary N) is 1. The highest BCUT2D eigenvalue weighted by molar-refractivity contribution is 7.92. The summed E-state index contributed by atoms with van der Waals surface area (Å²) in [6.45, 7) is 5.18. The van der Waals surface area contributed by atoms with Gasteiger partial charge in [0.2, 0.25) is 11.8 Å². The number of benzene rings is 4. The normalized spacial score (nSPS) is 12.3. The first-order chi connectivity index (χ1) is 20.4. The van der Waals surface area contributed by atoms with Crippen LogP contribution in [0.25, 0.3) is 0 Å². The third kappa shape index (κ3) is 8.69. The number of para-hydroxylation sites is 1. The van der Waals surface area contributed by atoms with Gasteiger partial charge in [0.05, 0.1) is 10.6 Å². The van der Waals surface area contributed by atoms with Crippen LogP contribution in [0.3, 0.4) is 0 Å². The van der Waals surface area contributed by atoms with Crippen LogP contribution >= 0.6 is 11.6 Å². The third-order valence-corrected chi connectivity index (χ3v) is 8.73. The van der Waals surface area contributed by atoms with E-state index in [1.165, 1.54) is 17.0 Å². The number of hydrogen-bond acceptors (Lipinski definition) is 4. The van der Waals surface area contributed by atoms with Crippen LogP contribution in [0.4, 0.5) is 5.69 Å².